The van der Waals surface area contributed by atoms with E-state index in [9.17, 15) is 9.90 Å². The molecule has 1 saturated carbocycles. The molecule has 0 radical (unpaired) electrons. The molecule has 1 aromatic heterocycles. The van der Waals surface area contributed by atoms with E-state index in [1.165, 1.54) is 0 Å². The van der Waals surface area contributed by atoms with E-state index in [1.807, 2.05) is 13.8 Å². The predicted octanol–water partition coefficient (Wildman–Crippen LogP) is 2.12. The Morgan fingerprint density at radius 3 is 2.62 bits per heavy atom. The van der Waals surface area contributed by atoms with Crippen molar-refractivity contribution in [2.24, 2.45) is 0 Å². The molecule has 0 unspecified atom stereocenters. The van der Waals surface area contributed by atoms with Crippen LogP contribution in [-0.4, -0.2) is 50.8 Å². The van der Waals surface area contributed by atoms with Gasteiger partial charge in [-0.25, -0.2) is 0 Å². The summed E-state index contributed by atoms with van der Waals surface area (Å²) in [6, 6.07) is 0. The number of hydrogen-bond acceptors (Lipinski definition) is 3. The van der Waals surface area contributed by atoms with Gasteiger partial charge in [0.15, 0.2) is 0 Å². The van der Waals surface area contributed by atoms with Crippen LogP contribution in [0.25, 0.3) is 0 Å². The number of hydrogen-bond donors (Lipinski definition) is 1. The van der Waals surface area contributed by atoms with Crippen LogP contribution < -0.4 is 0 Å². The van der Waals surface area contributed by atoms with E-state index in [2.05, 4.69) is 5.10 Å². The zero-order valence-electron chi connectivity index (χ0n) is 13.0. The zero-order valence-corrected chi connectivity index (χ0v) is 13.8. The molecule has 1 N–H and O–H groups in total. The Hall–Kier alpha value is -1.07. The lowest BCUT2D eigenvalue weighted by molar-refractivity contribution is 0.0156. The lowest BCUT2D eigenvalue weighted by Crippen LogP contribution is -2.42. The molecule has 1 aliphatic carbocycles. The Labute approximate surface area is 130 Å². The van der Waals surface area contributed by atoms with Crippen LogP contribution in [0.4, 0.5) is 0 Å². The predicted molar refractivity (Wildman–Crippen MR) is 82.8 cm³/mol. The summed E-state index contributed by atoms with van der Waals surface area (Å²) in [5.74, 6) is 0.386. The van der Waals surface area contributed by atoms with Crippen LogP contribution in [0.15, 0.2) is 0 Å². The molecule has 21 heavy (non-hydrogen) atoms. The van der Waals surface area contributed by atoms with E-state index in [0.717, 1.165) is 31.4 Å². The van der Waals surface area contributed by atoms with Crippen molar-refractivity contribution in [3.8, 4) is 0 Å². The van der Waals surface area contributed by atoms with Gasteiger partial charge in [-0.3, -0.25) is 9.48 Å². The maximum absolute atomic E-state index is 12.7. The van der Waals surface area contributed by atoms with Gasteiger partial charge in [0, 0.05) is 25.2 Å². The van der Waals surface area contributed by atoms with E-state index in [-0.39, 0.29) is 5.91 Å². The van der Waals surface area contributed by atoms with Crippen LogP contribution >= 0.6 is 11.6 Å². The smallest absolute Gasteiger partial charge is 0.257 e. The van der Waals surface area contributed by atoms with Gasteiger partial charge in [-0.1, -0.05) is 12.8 Å². The van der Waals surface area contributed by atoms with Gasteiger partial charge in [-0.2, -0.15) is 5.10 Å². The van der Waals surface area contributed by atoms with Gasteiger partial charge >= 0.3 is 0 Å². The highest BCUT2D eigenvalue weighted by molar-refractivity contribution is 6.17. The highest BCUT2D eigenvalue weighted by Crippen LogP contribution is 2.30. The minimum atomic E-state index is -0.724. The third kappa shape index (κ3) is 3.40. The van der Waals surface area contributed by atoms with E-state index in [0.29, 0.717) is 30.2 Å². The normalized spacial score (nSPS) is 17.2. The zero-order chi connectivity index (χ0) is 15.6. The Bertz CT molecular complexity index is 521. The van der Waals surface area contributed by atoms with Crippen LogP contribution in [0.3, 0.4) is 0 Å². The van der Waals surface area contributed by atoms with E-state index in [1.54, 1.807) is 16.6 Å². The van der Waals surface area contributed by atoms with Gasteiger partial charge in [0.2, 0.25) is 0 Å². The molecule has 0 spiro atoms. The molecule has 2 rings (SSSR count). The van der Waals surface area contributed by atoms with Gasteiger partial charge in [0.25, 0.3) is 5.91 Å². The summed E-state index contributed by atoms with van der Waals surface area (Å²) in [4.78, 5) is 14.3. The molecule has 1 aliphatic rings. The van der Waals surface area contributed by atoms with Gasteiger partial charge < -0.3 is 10.0 Å². The molecule has 0 saturated heterocycles. The van der Waals surface area contributed by atoms with Crippen molar-refractivity contribution in [2.75, 3.05) is 19.5 Å². The summed E-state index contributed by atoms with van der Waals surface area (Å²) in [6.45, 7) is 4.70. The molecule has 118 valence electrons. The maximum Gasteiger partial charge on any atom is 0.257 e. The molecule has 5 nitrogen and oxygen atoms in total. The van der Waals surface area contributed by atoms with Gasteiger partial charge in [0.1, 0.15) is 0 Å². The number of amides is 1. The molecular formula is C15H24ClN3O2. The van der Waals surface area contributed by atoms with Crippen molar-refractivity contribution in [1.29, 1.82) is 0 Å². The summed E-state index contributed by atoms with van der Waals surface area (Å²) >= 11 is 5.75. The topological polar surface area (TPSA) is 58.4 Å². The Morgan fingerprint density at radius 1 is 1.43 bits per heavy atom. The number of likely N-dealkylation sites (N-methyl/N-ethyl adjacent to an activating group) is 1. The largest absolute Gasteiger partial charge is 0.388 e. The van der Waals surface area contributed by atoms with Gasteiger partial charge in [-0.15, -0.1) is 11.6 Å². The van der Waals surface area contributed by atoms with Crippen LogP contribution in [0.1, 0.15) is 47.4 Å². The average Bonchev–Trinajstić information content (AvgIpc) is 2.95. The lowest BCUT2D eigenvalue weighted by atomic mass is 10.0. The summed E-state index contributed by atoms with van der Waals surface area (Å²) in [7, 11) is 1.75. The molecule has 0 bridgehead atoms. The van der Waals surface area contributed by atoms with Crippen LogP contribution in [0, 0.1) is 13.8 Å². The molecule has 1 aromatic rings. The highest BCUT2D eigenvalue weighted by atomic mass is 35.5. The SMILES string of the molecule is Cc1nn(CCCl)c(C)c1C(=O)N(C)CC1(O)CCCC1. The number of aryl methyl sites for hydroxylation is 2. The number of rotatable bonds is 5. The first-order chi connectivity index (χ1) is 9.88. The third-order valence-electron chi connectivity index (χ3n) is 4.30. The first-order valence-electron chi connectivity index (χ1n) is 7.46. The third-order valence-corrected chi connectivity index (χ3v) is 4.47. The fraction of sp³-hybridized carbons (Fsp3) is 0.733. The van der Waals surface area contributed by atoms with Gasteiger partial charge in [-0.05, 0) is 26.7 Å². The molecule has 6 heteroatoms. The van der Waals surface area contributed by atoms with Crippen LogP contribution in [0.5, 0.6) is 0 Å². The van der Waals surface area contributed by atoms with Crippen molar-refractivity contribution < 1.29 is 9.90 Å². The molecule has 1 amide bonds. The number of halogens is 1. The second kappa shape index (κ2) is 6.36. The molecule has 1 heterocycles. The van der Waals surface area contributed by atoms with E-state index < -0.39 is 5.60 Å². The van der Waals surface area contributed by atoms with Crippen molar-refractivity contribution in [1.82, 2.24) is 14.7 Å². The van der Waals surface area contributed by atoms with E-state index >= 15 is 0 Å². The van der Waals surface area contributed by atoms with Crippen molar-refractivity contribution in [3.63, 3.8) is 0 Å². The minimum Gasteiger partial charge on any atom is -0.388 e. The average molecular weight is 314 g/mol. The maximum atomic E-state index is 12.7. The molecular weight excluding hydrogens is 290 g/mol. The molecule has 1 fully saturated rings. The number of alkyl halides is 1. The number of carbonyl (C=O) groups is 1. The van der Waals surface area contributed by atoms with Crippen molar-refractivity contribution >= 4 is 17.5 Å². The minimum absolute atomic E-state index is 0.0776. The summed E-state index contributed by atoms with van der Waals surface area (Å²) in [5, 5.41) is 14.8. The fourth-order valence-electron chi connectivity index (χ4n) is 3.20. The van der Waals surface area contributed by atoms with Crippen molar-refractivity contribution in [2.45, 2.75) is 51.7 Å². The number of nitrogens with zero attached hydrogens (tertiary/aromatic N) is 3. The monoisotopic (exact) mass is 313 g/mol. The Morgan fingerprint density at radius 2 is 2.05 bits per heavy atom. The second-order valence-corrected chi connectivity index (χ2v) is 6.43. The first-order valence-corrected chi connectivity index (χ1v) is 7.99. The Balaban J connectivity index is 2.15. The highest BCUT2D eigenvalue weighted by Gasteiger charge is 2.34. The van der Waals surface area contributed by atoms with Crippen LogP contribution in [0.2, 0.25) is 0 Å². The molecule has 0 aliphatic heterocycles. The first kappa shape index (κ1) is 16.3. The number of aromatic nitrogens is 2. The van der Waals surface area contributed by atoms with Gasteiger partial charge in [0.05, 0.1) is 23.4 Å². The molecule has 0 atom stereocenters. The standard InChI is InChI=1S/C15H24ClN3O2/c1-11-13(12(2)19(17-11)9-8-16)14(20)18(3)10-15(21)6-4-5-7-15/h21H,4-10H2,1-3H3. The fourth-order valence-corrected chi connectivity index (χ4v) is 3.36. The lowest BCUT2D eigenvalue weighted by Gasteiger charge is -2.28. The van der Waals surface area contributed by atoms with E-state index in [4.69, 9.17) is 11.6 Å². The molecule has 0 aromatic carbocycles. The summed E-state index contributed by atoms with van der Waals surface area (Å²) < 4.78 is 1.77. The number of aliphatic hydroxyl groups is 1. The Kier molecular flexibility index (Phi) is 4.94. The summed E-state index contributed by atoms with van der Waals surface area (Å²) in [6.07, 6.45) is 3.61. The quantitative estimate of drug-likeness (QED) is 0.847. The van der Waals surface area contributed by atoms with Crippen LogP contribution in [-0.2, 0) is 6.54 Å². The second-order valence-electron chi connectivity index (χ2n) is 6.05. The summed E-state index contributed by atoms with van der Waals surface area (Å²) in [5.41, 5.74) is 1.46. The van der Waals surface area contributed by atoms with Crippen molar-refractivity contribution in [3.05, 3.63) is 17.0 Å². The number of carbonyl (C=O) groups excluding carboxylic acids is 1.